The lowest BCUT2D eigenvalue weighted by molar-refractivity contribution is -0.129. The number of rotatable bonds is 4. The number of amides is 1. The number of hydrogen-bond acceptors (Lipinski definition) is 3. The largest absolute Gasteiger partial charge is 0.378 e. The van der Waals surface area contributed by atoms with Crippen LogP contribution in [0.15, 0.2) is 53.6 Å². The van der Waals surface area contributed by atoms with E-state index in [-0.39, 0.29) is 0 Å². The van der Waals surface area contributed by atoms with Gasteiger partial charge >= 0.3 is 0 Å². The number of benzene rings is 2. The summed E-state index contributed by atoms with van der Waals surface area (Å²) in [5, 5.41) is 14.1. The number of hydrazone groups is 1. The van der Waals surface area contributed by atoms with Crippen molar-refractivity contribution in [1.29, 1.82) is 0 Å². The Morgan fingerprint density at radius 1 is 1.14 bits per heavy atom. The zero-order valence-corrected chi connectivity index (χ0v) is 13.0. The highest BCUT2D eigenvalue weighted by Gasteiger charge is 2.16. The maximum Gasteiger partial charge on any atom is 0.273 e. The lowest BCUT2D eigenvalue weighted by Crippen LogP contribution is -2.26. The first-order valence-corrected chi connectivity index (χ1v) is 7.14. The van der Waals surface area contributed by atoms with Gasteiger partial charge in [0.25, 0.3) is 5.91 Å². The molecule has 0 saturated heterocycles. The second-order valence-corrected chi connectivity index (χ2v) is 5.30. The summed E-state index contributed by atoms with van der Waals surface area (Å²) in [7, 11) is 0. The fraction of sp³-hybridized carbons (Fsp3) is 0.222. The Morgan fingerprint density at radius 3 is 2.45 bits per heavy atom. The molecule has 2 N–H and O–H groups in total. The molecule has 4 nitrogen and oxygen atoms in total. The minimum Gasteiger partial charge on any atom is -0.378 e. The van der Waals surface area contributed by atoms with Crippen molar-refractivity contribution in [3.63, 3.8) is 0 Å². The number of nitrogens with zero attached hydrogens (tertiary/aromatic N) is 1. The Kier molecular flexibility index (Phi) is 5.07. The Labute approximate surface area is 130 Å². The SMILES string of the molecule is C/C(=N/NC(=O)[C@H](O)c1ccccc1)c1ccc(C)cc1C. The van der Waals surface area contributed by atoms with Crippen LogP contribution in [0.3, 0.4) is 0 Å². The number of aryl methyl sites for hydroxylation is 2. The Bertz CT molecular complexity index is 693. The van der Waals surface area contributed by atoms with Crippen molar-refractivity contribution in [2.45, 2.75) is 26.9 Å². The summed E-state index contributed by atoms with van der Waals surface area (Å²) in [5.41, 5.74) is 6.91. The lowest BCUT2D eigenvalue weighted by atomic mass is 10.0. The third kappa shape index (κ3) is 3.80. The van der Waals surface area contributed by atoms with Crippen LogP contribution in [0.2, 0.25) is 0 Å². The summed E-state index contributed by atoms with van der Waals surface area (Å²) in [4.78, 5) is 12.0. The van der Waals surface area contributed by atoms with Crippen molar-refractivity contribution in [2.24, 2.45) is 5.10 Å². The highest BCUT2D eigenvalue weighted by molar-refractivity contribution is 6.00. The van der Waals surface area contributed by atoms with E-state index in [1.807, 2.05) is 39.0 Å². The second kappa shape index (κ2) is 7.00. The van der Waals surface area contributed by atoms with Crippen molar-refractivity contribution in [2.75, 3.05) is 0 Å². The van der Waals surface area contributed by atoms with E-state index >= 15 is 0 Å². The van der Waals surface area contributed by atoms with Gasteiger partial charge in [0.05, 0.1) is 5.71 Å². The first-order chi connectivity index (χ1) is 10.5. The maximum absolute atomic E-state index is 12.0. The van der Waals surface area contributed by atoms with Gasteiger partial charge in [-0.25, -0.2) is 5.43 Å². The Balaban J connectivity index is 2.09. The molecule has 22 heavy (non-hydrogen) atoms. The zero-order chi connectivity index (χ0) is 16.1. The average molecular weight is 296 g/mol. The minimum absolute atomic E-state index is 0.541. The molecule has 2 rings (SSSR count). The van der Waals surface area contributed by atoms with Gasteiger partial charge in [-0.15, -0.1) is 0 Å². The number of carbonyl (C=O) groups excluding carboxylic acids is 1. The molecular weight excluding hydrogens is 276 g/mol. The van der Waals surface area contributed by atoms with E-state index in [4.69, 9.17) is 0 Å². The standard InChI is InChI=1S/C18H20N2O2/c1-12-9-10-16(13(2)11-12)14(3)19-20-18(22)17(21)15-7-5-4-6-8-15/h4-11,17,21H,1-3H3,(H,20,22)/b19-14-/t17-/m1/s1. The molecule has 0 unspecified atom stereocenters. The molecular formula is C18H20N2O2. The van der Waals surface area contributed by atoms with Crippen LogP contribution in [0.25, 0.3) is 0 Å². The predicted molar refractivity (Wildman–Crippen MR) is 87.7 cm³/mol. The van der Waals surface area contributed by atoms with Crippen LogP contribution in [0.1, 0.15) is 35.3 Å². The molecule has 0 heterocycles. The molecule has 0 aliphatic carbocycles. The molecule has 2 aromatic rings. The molecule has 1 atom stereocenters. The van der Waals surface area contributed by atoms with E-state index < -0.39 is 12.0 Å². The molecule has 2 aromatic carbocycles. The highest BCUT2D eigenvalue weighted by Crippen LogP contribution is 2.13. The Morgan fingerprint density at radius 2 is 1.82 bits per heavy atom. The normalized spacial score (nSPS) is 12.8. The number of aliphatic hydroxyl groups is 1. The second-order valence-electron chi connectivity index (χ2n) is 5.30. The molecule has 0 aliphatic rings. The predicted octanol–water partition coefficient (Wildman–Crippen LogP) is 2.88. The quantitative estimate of drug-likeness (QED) is 0.673. The van der Waals surface area contributed by atoms with Crippen LogP contribution in [-0.2, 0) is 4.79 Å². The summed E-state index contributed by atoms with van der Waals surface area (Å²) >= 11 is 0. The maximum atomic E-state index is 12.0. The van der Waals surface area contributed by atoms with Gasteiger partial charge in [-0.1, -0.05) is 54.1 Å². The van der Waals surface area contributed by atoms with E-state index in [1.165, 1.54) is 5.56 Å². The van der Waals surface area contributed by atoms with Crippen LogP contribution < -0.4 is 5.43 Å². The third-order valence-corrected chi connectivity index (χ3v) is 3.47. The molecule has 4 heteroatoms. The molecule has 0 radical (unpaired) electrons. The van der Waals surface area contributed by atoms with Gasteiger partial charge < -0.3 is 5.11 Å². The molecule has 1 amide bonds. The molecule has 114 valence electrons. The summed E-state index contributed by atoms with van der Waals surface area (Å²) in [6.45, 7) is 5.86. The first kappa shape index (κ1) is 15.9. The van der Waals surface area contributed by atoms with Crippen molar-refractivity contribution >= 4 is 11.6 Å². The van der Waals surface area contributed by atoms with E-state index in [0.717, 1.165) is 11.1 Å². The van der Waals surface area contributed by atoms with Gasteiger partial charge in [-0.3, -0.25) is 4.79 Å². The molecule has 0 aromatic heterocycles. The zero-order valence-electron chi connectivity index (χ0n) is 13.0. The van der Waals surface area contributed by atoms with Crippen LogP contribution in [0.5, 0.6) is 0 Å². The molecule has 0 spiro atoms. The van der Waals surface area contributed by atoms with E-state index in [9.17, 15) is 9.90 Å². The van der Waals surface area contributed by atoms with Gasteiger partial charge in [0.15, 0.2) is 6.10 Å². The third-order valence-electron chi connectivity index (χ3n) is 3.47. The van der Waals surface area contributed by atoms with Crippen molar-refractivity contribution in [3.05, 3.63) is 70.8 Å². The Hall–Kier alpha value is -2.46. The van der Waals surface area contributed by atoms with Gasteiger partial charge in [-0.2, -0.15) is 5.10 Å². The molecule has 0 fully saturated rings. The fourth-order valence-electron chi connectivity index (χ4n) is 2.27. The van der Waals surface area contributed by atoms with Crippen LogP contribution in [-0.4, -0.2) is 16.7 Å². The summed E-state index contributed by atoms with van der Waals surface area (Å²) in [6, 6.07) is 14.8. The van der Waals surface area contributed by atoms with E-state index in [2.05, 4.69) is 16.6 Å². The number of aliphatic hydroxyl groups excluding tert-OH is 1. The summed E-state index contributed by atoms with van der Waals surface area (Å²) in [6.07, 6.45) is -1.23. The fourth-order valence-corrected chi connectivity index (χ4v) is 2.27. The minimum atomic E-state index is -1.23. The molecule has 0 bridgehead atoms. The monoisotopic (exact) mass is 296 g/mol. The molecule has 0 aliphatic heterocycles. The topological polar surface area (TPSA) is 61.7 Å². The number of hydrogen-bond donors (Lipinski definition) is 2. The van der Waals surface area contributed by atoms with Crippen molar-refractivity contribution < 1.29 is 9.90 Å². The van der Waals surface area contributed by atoms with Crippen LogP contribution >= 0.6 is 0 Å². The van der Waals surface area contributed by atoms with Crippen LogP contribution in [0.4, 0.5) is 0 Å². The highest BCUT2D eigenvalue weighted by atomic mass is 16.3. The van der Waals surface area contributed by atoms with Gasteiger partial charge in [0, 0.05) is 5.56 Å². The first-order valence-electron chi connectivity index (χ1n) is 7.14. The van der Waals surface area contributed by atoms with Crippen LogP contribution in [0, 0.1) is 13.8 Å². The smallest absolute Gasteiger partial charge is 0.273 e. The van der Waals surface area contributed by atoms with Crippen molar-refractivity contribution in [3.8, 4) is 0 Å². The van der Waals surface area contributed by atoms with E-state index in [0.29, 0.717) is 11.3 Å². The van der Waals surface area contributed by atoms with Gasteiger partial charge in [0.1, 0.15) is 0 Å². The number of carbonyl (C=O) groups is 1. The van der Waals surface area contributed by atoms with Crippen molar-refractivity contribution in [1.82, 2.24) is 5.43 Å². The lowest BCUT2D eigenvalue weighted by Gasteiger charge is -2.10. The average Bonchev–Trinajstić information content (AvgIpc) is 2.52. The number of nitrogens with one attached hydrogen (secondary N) is 1. The van der Waals surface area contributed by atoms with E-state index in [1.54, 1.807) is 24.3 Å². The van der Waals surface area contributed by atoms with Gasteiger partial charge in [-0.05, 0) is 31.9 Å². The van der Waals surface area contributed by atoms with Gasteiger partial charge in [0.2, 0.25) is 0 Å². The summed E-state index contributed by atoms with van der Waals surface area (Å²) < 4.78 is 0. The summed E-state index contributed by atoms with van der Waals surface area (Å²) in [5.74, 6) is -0.546. The molecule has 0 saturated carbocycles.